The van der Waals surface area contributed by atoms with Crippen molar-refractivity contribution in [3.05, 3.63) is 37.9 Å². The smallest absolute Gasteiger partial charge is 0.0907 e. The molecule has 2 heterocycles. The minimum atomic E-state index is 0.761. The van der Waals surface area contributed by atoms with E-state index in [1.807, 2.05) is 19.1 Å². The van der Waals surface area contributed by atoms with Gasteiger partial charge in [0.25, 0.3) is 0 Å². The molecule has 3 rings (SSSR count). The number of halogens is 1. The average molecular weight is 354 g/mol. The Morgan fingerprint density at radius 3 is 3.00 bits per heavy atom. The zero-order valence-electron chi connectivity index (χ0n) is 10.2. The fourth-order valence-electron chi connectivity index (χ4n) is 1.88. The molecule has 0 saturated heterocycles. The number of nitrogens with one attached hydrogen (secondary N) is 1. The van der Waals surface area contributed by atoms with E-state index in [0.29, 0.717) is 0 Å². The molecule has 98 valence electrons. The number of thiophene rings is 1. The third-order valence-corrected chi connectivity index (χ3v) is 5.66. The second-order valence-corrected chi connectivity index (χ2v) is 7.28. The number of rotatable bonds is 3. The Labute approximate surface area is 127 Å². The minimum absolute atomic E-state index is 0.761. The summed E-state index contributed by atoms with van der Waals surface area (Å²) in [6.45, 7) is 2.77. The number of nitrogens with zero attached hydrogens (tertiary/aromatic N) is 1. The highest BCUT2D eigenvalue weighted by atomic mass is 79.9. The number of thiazole rings is 1. The molecule has 2 aromatic heterocycles. The maximum absolute atomic E-state index is 6.08. The van der Waals surface area contributed by atoms with E-state index >= 15 is 0 Å². The summed E-state index contributed by atoms with van der Waals surface area (Å²) < 4.78 is 2.27. The molecule has 3 nitrogen and oxygen atoms in total. The lowest BCUT2D eigenvalue weighted by Crippen LogP contribution is -2.01. The van der Waals surface area contributed by atoms with Crippen LogP contribution in [0.25, 0.3) is 10.2 Å². The van der Waals surface area contributed by atoms with Crippen molar-refractivity contribution >= 4 is 60.2 Å². The molecule has 0 spiro atoms. The SMILES string of the molecule is Cc1nc2cc(NCc3sccc3Br)c(N)cc2s1. The third-order valence-electron chi connectivity index (χ3n) is 2.80. The number of nitrogen functional groups attached to an aromatic ring is 1. The van der Waals surface area contributed by atoms with Gasteiger partial charge in [-0.15, -0.1) is 22.7 Å². The fraction of sp³-hybridized carbons (Fsp3) is 0.154. The normalized spacial score (nSPS) is 11.1. The summed E-state index contributed by atoms with van der Waals surface area (Å²) in [6, 6.07) is 6.07. The second kappa shape index (κ2) is 5.11. The number of hydrogen-bond acceptors (Lipinski definition) is 5. The molecule has 6 heteroatoms. The van der Waals surface area contributed by atoms with Gasteiger partial charge in [0, 0.05) is 9.35 Å². The minimum Gasteiger partial charge on any atom is -0.397 e. The summed E-state index contributed by atoms with van der Waals surface area (Å²) in [4.78, 5) is 5.75. The molecule has 19 heavy (non-hydrogen) atoms. The summed E-state index contributed by atoms with van der Waals surface area (Å²) in [5.74, 6) is 0. The van der Waals surface area contributed by atoms with E-state index in [4.69, 9.17) is 5.73 Å². The van der Waals surface area contributed by atoms with Gasteiger partial charge in [-0.1, -0.05) is 0 Å². The monoisotopic (exact) mass is 353 g/mol. The van der Waals surface area contributed by atoms with E-state index < -0.39 is 0 Å². The van der Waals surface area contributed by atoms with E-state index in [-0.39, 0.29) is 0 Å². The maximum Gasteiger partial charge on any atom is 0.0907 e. The Hall–Kier alpha value is -1.11. The molecule has 0 aliphatic rings. The number of anilines is 2. The van der Waals surface area contributed by atoms with E-state index in [1.54, 1.807) is 22.7 Å². The average Bonchev–Trinajstić information content (AvgIpc) is 2.91. The van der Waals surface area contributed by atoms with Gasteiger partial charge in [-0.25, -0.2) is 4.98 Å². The van der Waals surface area contributed by atoms with Gasteiger partial charge in [-0.2, -0.15) is 0 Å². The largest absolute Gasteiger partial charge is 0.397 e. The van der Waals surface area contributed by atoms with Crippen LogP contribution in [0, 0.1) is 6.92 Å². The van der Waals surface area contributed by atoms with Crippen molar-refractivity contribution in [1.82, 2.24) is 4.98 Å². The highest BCUT2D eigenvalue weighted by Crippen LogP contribution is 2.31. The molecular formula is C13H12BrN3S2. The Morgan fingerprint density at radius 2 is 2.26 bits per heavy atom. The zero-order valence-corrected chi connectivity index (χ0v) is 13.5. The van der Waals surface area contributed by atoms with Crippen LogP contribution in [0.1, 0.15) is 9.88 Å². The number of aromatic nitrogens is 1. The van der Waals surface area contributed by atoms with Crippen LogP contribution in [0.5, 0.6) is 0 Å². The maximum atomic E-state index is 6.08. The van der Waals surface area contributed by atoms with Crippen LogP contribution < -0.4 is 11.1 Å². The van der Waals surface area contributed by atoms with Gasteiger partial charge in [-0.05, 0) is 46.4 Å². The number of benzene rings is 1. The summed E-state index contributed by atoms with van der Waals surface area (Å²) >= 11 is 6.92. The molecule has 3 aromatic rings. The fourth-order valence-corrected chi connectivity index (χ4v) is 4.17. The third kappa shape index (κ3) is 2.61. The van der Waals surface area contributed by atoms with Crippen LogP contribution in [0.3, 0.4) is 0 Å². The predicted octanol–water partition coefficient (Wildman–Crippen LogP) is 4.62. The summed E-state index contributed by atoms with van der Waals surface area (Å²) in [6.07, 6.45) is 0. The van der Waals surface area contributed by atoms with Crippen molar-refractivity contribution in [2.24, 2.45) is 0 Å². The van der Waals surface area contributed by atoms with Gasteiger partial charge in [0.05, 0.1) is 33.1 Å². The van der Waals surface area contributed by atoms with E-state index in [9.17, 15) is 0 Å². The first-order valence-corrected chi connectivity index (χ1v) is 8.25. The molecule has 0 bridgehead atoms. The topological polar surface area (TPSA) is 50.9 Å². The summed E-state index contributed by atoms with van der Waals surface area (Å²) in [5.41, 5.74) is 8.80. The molecule has 0 saturated carbocycles. The molecule has 1 aromatic carbocycles. The Kier molecular flexibility index (Phi) is 3.47. The molecule has 0 aliphatic heterocycles. The molecule has 0 atom stereocenters. The molecular weight excluding hydrogens is 342 g/mol. The van der Waals surface area contributed by atoms with Gasteiger partial charge in [0.2, 0.25) is 0 Å². The molecule has 0 aliphatic carbocycles. The predicted molar refractivity (Wildman–Crippen MR) is 88.1 cm³/mol. The second-order valence-electron chi connectivity index (χ2n) is 4.19. The summed E-state index contributed by atoms with van der Waals surface area (Å²) in [7, 11) is 0. The Morgan fingerprint density at radius 1 is 1.42 bits per heavy atom. The van der Waals surface area contributed by atoms with Crippen molar-refractivity contribution in [2.75, 3.05) is 11.1 Å². The standard InChI is InChI=1S/C13H12BrN3S2/c1-7-17-11-5-10(9(15)4-12(11)19-7)16-6-13-8(14)2-3-18-13/h2-5,16H,6,15H2,1H3. The van der Waals surface area contributed by atoms with E-state index in [1.165, 1.54) is 4.88 Å². The lowest BCUT2D eigenvalue weighted by molar-refractivity contribution is 1.19. The molecule has 0 radical (unpaired) electrons. The first-order chi connectivity index (χ1) is 9.13. The molecule has 0 amide bonds. The molecule has 3 N–H and O–H groups in total. The molecule has 0 unspecified atom stereocenters. The lowest BCUT2D eigenvalue weighted by Gasteiger charge is -2.08. The van der Waals surface area contributed by atoms with Crippen LogP contribution in [-0.2, 0) is 6.54 Å². The van der Waals surface area contributed by atoms with Crippen LogP contribution in [0.2, 0.25) is 0 Å². The van der Waals surface area contributed by atoms with Gasteiger partial charge < -0.3 is 11.1 Å². The Balaban J connectivity index is 1.88. The van der Waals surface area contributed by atoms with Gasteiger partial charge in [0.15, 0.2) is 0 Å². The molecule has 0 fully saturated rings. The lowest BCUT2D eigenvalue weighted by atomic mass is 10.2. The highest BCUT2D eigenvalue weighted by molar-refractivity contribution is 9.10. The number of aryl methyl sites for hydroxylation is 1. The van der Waals surface area contributed by atoms with Crippen LogP contribution in [0.4, 0.5) is 11.4 Å². The van der Waals surface area contributed by atoms with Crippen LogP contribution >= 0.6 is 38.6 Å². The van der Waals surface area contributed by atoms with Crippen LogP contribution in [-0.4, -0.2) is 4.98 Å². The zero-order chi connectivity index (χ0) is 13.4. The van der Waals surface area contributed by atoms with Gasteiger partial charge in [0.1, 0.15) is 0 Å². The van der Waals surface area contributed by atoms with Crippen molar-refractivity contribution in [3.8, 4) is 0 Å². The summed E-state index contributed by atoms with van der Waals surface area (Å²) in [5, 5.41) is 6.51. The van der Waals surface area contributed by atoms with Crippen LogP contribution in [0.15, 0.2) is 28.1 Å². The van der Waals surface area contributed by atoms with E-state index in [0.717, 1.165) is 37.6 Å². The first kappa shape index (κ1) is 12.9. The van der Waals surface area contributed by atoms with Gasteiger partial charge >= 0.3 is 0 Å². The van der Waals surface area contributed by atoms with Crippen molar-refractivity contribution in [2.45, 2.75) is 13.5 Å². The van der Waals surface area contributed by atoms with Gasteiger partial charge in [-0.3, -0.25) is 0 Å². The number of fused-ring (bicyclic) bond motifs is 1. The van der Waals surface area contributed by atoms with Crippen molar-refractivity contribution in [3.63, 3.8) is 0 Å². The van der Waals surface area contributed by atoms with Crippen molar-refractivity contribution in [1.29, 1.82) is 0 Å². The van der Waals surface area contributed by atoms with Crippen molar-refractivity contribution < 1.29 is 0 Å². The number of nitrogens with two attached hydrogens (primary N) is 1. The Bertz CT molecular complexity index is 733. The first-order valence-electron chi connectivity index (χ1n) is 5.76. The quantitative estimate of drug-likeness (QED) is 0.675. The highest BCUT2D eigenvalue weighted by Gasteiger charge is 2.07. The van der Waals surface area contributed by atoms with E-state index in [2.05, 4.69) is 37.7 Å². The number of hydrogen-bond donors (Lipinski definition) is 2.